The summed E-state index contributed by atoms with van der Waals surface area (Å²) in [6.07, 6.45) is 2.02. The van der Waals surface area contributed by atoms with Crippen molar-refractivity contribution in [2.75, 3.05) is 0 Å². The number of phenolic OH excluding ortho intramolecular Hbond substituents is 1. The molecular formula is C13H22ClNO. The predicted molar refractivity (Wildman–Crippen MR) is 71.1 cm³/mol. The highest BCUT2D eigenvalue weighted by molar-refractivity contribution is 5.85. The number of rotatable bonds is 4. The van der Waals surface area contributed by atoms with E-state index >= 15 is 0 Å². The van der Waals surface area contributed by atoms with Crippen molar-refractivity contribution >= 4 is 12.4 Å². The number of aryl methyl sites for hydroxylation is 1. The SMILES string of the molecule is Cc1ccc(O)c([C@@H](N)CCC(C)C)c1.Cl. The Morgan fingerprint density at radius 3 is 2.44 bits per heavy atom. The lowest BCUT2D eigenvalue weighted by atomic mass is 9.96. The first kappa shape index (κ1) is 15.3. The lowest BCUT2D eigenvalue weighted by molar-refractivity contribution is 0.448. The first-order valence-corrected chi connectivity index (χ1v) is 5.55. The zero-order valence-corrected chi connectivity index (χ0v) is 11.1. The minimum atomic E-state index is -0.0488. The molecule has 1 atom stereocenters. The van der Waals surface area contributed by atoms with E-state index in [1.807, 2.05) is 19.1 Å². The lowest BCUT2D eigenvalue weighted by Crippen LogP contribution is -2.11. The number of halogens is 1. The van der Waals surface area contributed by atoms with E-state index in [-0.39, 0.29) is 18.4 Å². The second kappa shape index (κ2) is 6.77. The lowest BCUT2D eigenvalue weighted by Gasteiger charge is -2.15. The molecule has 0 saturated heterocycles. The fraction of sp³-hybridized carbons (Fsp3) is 0.538. The topological polar surface area (TPSA) is 46.2 Å². The van der Waals surface area contributed by atoms with Gasteiger partial charge in [-0.25, -0.2) is 0 Å². The van der Waals surface area contributed by atoms with Crippen LogP contribution in [0.25, 0.3) is 0 Å². The fourth-order valence-electron chi connectivity index (χ4n) is 1.64. The molecule has 0 unspecified atom stereocenters. The molecule has 1 aromatic carbocycles. The molecule has 3 heteroatoms. The Morgan fingerprint density at radius 1 is 1.25 bits per heavy atom. The van der Waals surface area contributed by atoms with Crippen molar-refractivity contribution in [3.05, 3.63) is 29.3 Å². The molecule has 0 aliphatic carbocycles. The molecule has 1 rings (SSSR count). The Kier molecular flexibility index (Phi) is 6.46. The van der Waals surface area contributed by atoms with Crippen molar-refractivity contribution in [3.8, 4) is 5.75 Å². The molecular weight excluding hydrogens is 222 g/mol. The summed E-state index contributed by atoms with van der Waals surface area (Å²) in [5.41, 5.74) is 8.07. The summed E-state index contributed by atoms with van der Waals surface area (Å²) >= 11 is 0. The van der Waals surface area contributed by atoms with Gasteiger partial charge >= 0.3 is 0 Å². The summed E-state index contributed by atoms with van der Waals surface area (Å²) in [6.45, 7) is 6.38. The maximum absolute atomic E-state index is 9.69. The number of hydrogen-bond donors (Lipinski definition) is 2. The Balaban J connectivity index is 0.00000225. The van der Waals surface area contributed by atoms with Gasteiger partial charge in [0.15, 0.2) is 0 Å². The normalized spacial score (nSPS) is 12.3. The molecule has 0 heterocycles. The Hall–Kier alpha value is -0.730. The molecule has 0 aromatic heterocycles. The van der Waals surface area contributed by atoms with Crippen LogP contribution in [0.5, 0.6) is 5.75 Å². The maximum atomic E-state index is 9.69. The van der Waals surface area contributed by atoms with Crippen LogP contribution in [0.1, 0.15) is 43.9 Å². The minimum absolute atomic E-state index is 0. The third-order valence-electron chi connectivity index (χ3n) is 2.64. The third-order valence-corrected chi connectivity index (χ3v) is 2.64. The van der Waals surface area contributed by atoms with Gasteiger partial charge in [-0.05, 0) is 31.7 Å². The van der Waals surface area contributed by atoms with Crippen LogP contribution in [-0.4, -0.2) is 5.11 Å². The van der Waals surface area contributed by atoms with Crippen LogP contribution < -0.4 is 5.73 Å². The van der Waals surface area contributed by atoms with Gasteiger partial charge in [0.1, 0.15) is 5.75 Å². The van der Waals surface area contributed by atoms with Gasteiger partial charge in [0.05, 0.1) is 0 Å². The van der Waals surface area contributed by atoms with Gasteiger partial charge in [-0.15, -0.1) is 12.4 Å². The zero-order chi connectivity index (χ0) is 11.4. The highest BCUT2D eigenvalue weighted by atomic mass is 35.5. The first-order chi connectivity index (χ1) is 7.00. The van der Waals surface area contributed by atoms with Crippen molar-refractivity contribution in [2.24, 2.45) is 11.7 Å². The highest BCUT2D eigenvalue weighted by Gasteiger charge is 2.11. The van der Waals surface area contributed by atoms with Crippen molar-refractivity contribution in [1.29, 1.82) is 0 Å². The van der Waals surface area contributed by atoms with E-state index in [4.69, 9.17) is 5.73 Å². The molecule has 16 heavy (non-hydrogen) atoms. The summed E-state index contributed by atoms with van der Waals surface area (Å²) in [5, 5.41) is 9.69. The van der Waals surface area contributed by atoms with E-state index in [9.17, 15) is 5.11 Å². The minimum Gasteiger partial charge on any atom is -0.508 e. The predicted octanol–water partition coefficient (Wildman–Crippen LogP) is 3.56. The molecule has 92 valence electrons. The highest BCUT2D eigenvalue weighted by Crippen LogP contribution is 2.27. The van der Waals surface area contributed by atoms with Crippen LogP contribution in [0.3, 0.4) is 0 Å². The maximum Gasteiger partial charge on any atom is 0.120 e. The molecule has 0 aliphatic rings. The number of nitrogens with two attached hydrogens (primary N) is 1. The van der Waals surface area contributed by atoms with Gasteiger partial charge in [0, 0.05) is 11.6 Å². The second-order valence-electron chi connectivity index (χ2n) is 4.64. The van der Waals surface area contributed by atoms with Crippen molar-refractivity contribution in [1.82, 2.24) is 0 Å². The van der Waals surface area contributed by atoms with E-state index in [1.165, 1.54) is 0 Å². The van der Waals surface area contributed by atoms with E-state index in [1.54, 1.807) is 6.07 Å². The van der Waals surface area contributed by atoms with Gasteiger partial charge < -0.3 is 10.8 Å². The van der Waals surface area contributed by atoms with E-state index in [0.29, 0.717) is 11.7 Å². The molecule has 0 saturated carbocycles. The summed E-state index contributed by atoms with van der Waals surface area (Å²) in [6, 6.07) is 5.54. The average molecular weight is 244 g/mol. The Bertz CT molecular complexity index is 326. The fourth-order valence-corrected chi connectivity index (χ4v) is 1.64. The molecule has 2 nitrogen and oxygen atoms in total. The van der Waals surface area contributed by atoms with E-state index < -0.39 is 0 Å². The smallest absolute Gasteiger partial charge is 0.120 e. The van der Waals surface area contributed by atoms with Gasteiger partial charge in [-0.2, -0.15) is 0 Å². The average Bonchev–Trinajstić information content (AvgIpc) is 2.18. The molecule has 0 amide bonds. The second-order valence-corrected chi connectivity index (χ2v) is 4.64. The number of benzene rings is 1. The first-order valence-electron chi connectivity index (χ1n) is 5.55. The van der Waals surface area contributed by atoms with Crippen LogP contribution in [0, 0.1) is 12.8 Å². The van der Waals surface area contributed by atoms with Crippen LogP contribution in [0.2, 0.25) is 0 Å². The molecule has 0 radical (unpaired) electrons. The summed E-state index contributed by atoms with van der Waals surface area (Å²) < 4.78 is 0. The molecule has 3 N–H and O–H groups in total. The standard InChI is InChI=1S/C13H21NO.ClH/c1-9(2)4-6-12(14)11-8-10(3)5-7-13(11)15;/h5,7-9,12,15H,4,6,14H2,1-3H3;1H/t12-;/m0./s1. The Morgan fingerprint density at radius 2 is 1.88 bits per heavy atom. The molecule has 0 aliphatic heterocycles. The quantitative estimate of drug-likeness (QED) is 0.850. The molecule has 0 spiro atoms. The largest absolute Gasteiger partial charge is 0.508 e. The van der Waals surface area contributed by atoms with Crippen LogP contribution >= 0.6 is 12.4 Å². The summed E-state index contributed by atoms with van der Waals surface area (Å²) in [5.74, 6) is 0.972. The van der Waals surface area contributed by atoms with E-state index in [0.717, 1.165) is 24.0 Å². The van der Waals surface area contributed by atoms with Crippen LogP contribution in [0.4, 0.5) is 0 Å². The van der Waals surface area contributed by atoms with Gasteiger partial charge in [-0.3, -0.25) is 0 Å². The molecule has 1 aromatic rings. The van der Waals surface area contributed by atoms with E-state index in [2.05, 4.69) is 13.8 Å². The molecule has 0 bridgehead atoms. The zero-order valence-electron chi connectivity index (χ0n) is 10.2. The number of phenols is 1. The van der Waals surface area contributed by atoms with Gasteiger partial charge in [0.2, 0.25) is 0 Å². The number of hydrogen-bond acceptors (Lipinski definition) is 2. The summed E-state index contributed by atoms with van der Waals surface area (Å²) in [7, 11) is 0. The van der Waals surface area contributed by atoms with Crippen molar-refractivity contribution in [2.45, 2.75) is 39.7 Å². The summed E-state index contributed by atoms with van der Waals surface area (Å²) in [4.78, 5) is 0. The van der Waals surface area contributed by atoms with Gasteiger partial charge in [0.25, 0.3) is 0 Å². The monoisotopic (exact) mass is 243 g/mol. The van der Waals surface area contributed by atoms with Crippen LogP contribution in [-0.2, 0) is 0 Å². The van der Waals surface area contributed by atoms with Crippen molar-refractivity contribution < 1.29 is 5.11 Å². The van der Waals surface area contributed by atoms with Gasteiger partial charge in [-0.1, -0.05) is 31.5 Å². The van der Waals surface area contributed by atoms with Crippen LogP contribution in [0.15, 0.2) is 18.2 Å². The molecule has 0 fully saturated rings. The Labute approximate surface area is 104 Å². The van der Waals surface area contributed by atoms with Crippen molar-refractivity contribution in [3.63, 3.8) is 0 Å². The number of aromatic hydroxyl groups is 1. The third kappa shape index (κ3) is 4.42.